The minimum atomic E-state index is -0.241. The summed E-state index contributed by atoms with van der Waals surface area (Å²) < 4.78 is 0. The molecule has 5 unspecified atom stereocenters. The molecule has 5 heteroatoms. The summed E-state index contributed by atoms with van der Waals surface area (Å²) in [5.74, 6) is 2.97. The number of pyridine rings is 1. The van der Waals surface area contributed by atoms with Gasteiger partial charge in [0.05, 0.1) is 12.2 Å². The summed E-state index contributed by atoms with van der Waals surface area (Å²) in [6, 6.07) is 3.89. The Kier molecular flexibility index (Phi) is 6.56. The van der Waals surface area contributed by atoms with Crippen molar-refractivity contribution in [2.24, 2.45) is 46.3 Å². The fraction of sp³-hybridized carbons (Fsp3) is 0.793. The predicted octanol–water partition coefficient (Wildman–Crippen LogP) is 4.71. The molecule has 4 fully saturated rings. The first-order valence-corrected chi connectivity index (χ1v) is 13.7. The molecule has 0 saturated heterocycles. The molecule has 34 heavy (non-hydrogen) atoms. The van der Waals surface area contributed by atoms with E-state index in [1.54, 1.807) is 12.4 Å². The van der Waals surface area contributed by atoms with E-state index in [0.29, 0.717) is 48.5 Å². The van der Waals surface area contributed by atoms with Gasteiger partial charge in [0.1, 0.15) is 0 Å². The number of hydrogen-bond donors (Lipinski definition) is 3. The highest BCUT2D eigenvalue weighted by Gasteiger charge is 2.62. The van der Waals surface area contributed by atoms with Crippen LogP contribution in [-0.2, 0) is 11.3 Å². The van der Waals surface area contributed by atoms with Crippen molar-refractivity contribution in [1.82, 2.24) is 10.3 Å². The van der Waals surface area contributed by atoms with Gasteiger partial charge in [0.15, 0.2) is 0 Å². The van der Waals surface area contributed by atoms with E-state index in [0.717, 1.165) is 31.2 Å². The van der Waals surface area contributed by atoms with Crippen molar-refractivity contribution >= 4 is 5.91 Å². The number of carbonyl (C=O) groups is 1. The third-order valence-electron chi connectivity index (χ3n) is 11.1. The third kappa shape index (κ3) is 4.11. The lowest BCUT2D eigenvalue weighted by Crippen LogP contribution is -2.58. The van der Waals surface area contributed by atoms with E-state index in [9.17, 15) is 15.0 Å². The molecule has 5 rings (SSSR count). The summed E-state index contributed by atoms with van der Waals surface area (Å²) in [5, 5.41) is 24.8. The summed E-state index contributed by atoms with van der Waals surface area (Å²) in [7, 11) is 0. The molecule has 10 atom stereocenters. The van der Waals surface area contributed by atoms with E-state index in [2.05, 4.69) is 31.1 Å². The SMILES string of the molecule is C[C@H](CC(=O)NCc1cccnc1)C1CC[C@H]2C3[C@H](O)CC4C[C@H](O)CCC4(C)[C@H]3CCC12C. The third-order valence-corrected chi connectivity index (χ3v) is 11.1. The molecule has 4 aliphatic carbocycles. The molecule has 0 spiro atoms. The monoisotopic (exact) mass is 468 g/mol. The van der Waals surface area contributed by atoms with E-state index >= 15 is 0 Å². The lowest BCUT2D eigenvalue weighted by molar-refractivity contribution is -0.174. The van der Waals surface area contributed by atoms with E-state index in [4.69, 9.17) is 0 Å². The number of aliphatic hydroxyl groups excluding tert-OH is 2. The predicted molar refractivity (Wildman–Crippen MR) is 132 cm³/mol. The maximum absolute atomic E-state index is 12.8. The van der Waals surface area contributed by atoms with Crippen molar-refractivity contribution < 1.29 is 15.0 Å². The van der Waals surface area contributed by atoms with Crippen LogP contribution in [0, 0.1) is 46.3 Å². The Hall–Kier alpha value is -1.46. The van der Waals surface area contributed by atoms with Crippen LogP contribution < -0.4 is 5.32 Å². The van der Waals surface area contributed by atoms with E-state index in [1.807, 2.05) is 12.1 Å². The summed E-state index contributed by atoms with van der Waals surface area (Å²) in [5.41, 5.74) is 1.51. The van der Waals surface area contributed by atoms with Crippen molar-refractivity contribution in [2.75, 3.05) is 0 Å². The molecule has 1 aromatic rings. The summed E-state index contributed by atoms with van der Waals surface area (Å²) in [6.07, 6.45) is 12.2. The zero-order valence-corrected chi connectivity index (χ0v) is 21.2. The molecule has 0 radical (unpaired) electrons. The molecule has 5 nitrogen and oxygen atoms in total. The second kappa shape index (κ2) is 9.20. The Morgan fingerprint density at radius 3 is 2.65 bits per heavy atom. The highest BCUT2D eigenvalue weighted by Crippen LogP contribution is 2.68. The minimum absolute atomic E-state index is 0.130. The van der Waals surface area contributed by atoms with Crippen molar-refractivity contribution in [2.45, 2.75) is 97.3 Å². The number of carbonyl (C=O) groups excluding carboxylic acids is 1. The molecular formula is C29H44N2O3. The van der Waals surface area contributed by atoms with Gasteiger partial charge in [-0.2, -0.15) is 0 Å². The Morgan fingerprint density at radius 1 is 1.12 bits per heavy atom. The minimum Gasteiger partial charge on any atom is -0.393 e. The van der Waals surface area contributed by atoms with Gasteiger partial charge < -0.3 is 15.5 Å². The van der Waals surface area contributed by atoms with E-state index < -0.39 is 0 Å². The van der Waals surface area contributed by atoms with Crippen LogP contribution in [0.15, 0.2) is 24.5 Å². The summed E-state index contributed by atoms with van der Waals surface area (Å²) >= 11 is 0. The van der Waals surface area contributed by atoms with Crippen LogP contribution in [0.25, 0.3) is 0 Å². The molecule has 3 N–H and O–H groups in total. The van der Waals surface area contributed by atoms with Crippen LogP contribution in [-0.4, -0.2) is 33.3 Å². The molecule has 1 aromatic heterocycles. The fourth-order valence-electron chi connectivity index (χ4n) is 9.39. The van der Waals surface area contributed by atoms with Crippen LogP contribution in [0.4, 0.5) is 0 Å². The van der Waals surface area contributed by atoms with Gasteiger partial charge in [-0.1, -0.05) is 26.8 Å². The fourth-order valence-corrected chi connectivity index (χ4v) is 9.39. The smallest absolute Gasteiger partial charge is 0.220 e. The Bertz CT molecular complexity index is 877. The van der Waals surface area contributed by atoms with Gasteiger partial charge in [-0.05, 0) is 109 Å². The van der Waals surface area contributed by atoms with Gasteiger partial charge in [-0.25, -0.2) is 0 Å². The molecule has 1 amide bonds. The number of hydrogen-bond acceptors (Lipinski definition) is 4. The zero-order valence-electron chi connectivity index (χ0n) is 21.2. The lowest BCUT2D eigenvalue weighted by atomic mass is 9.43. The summed E-state index contributed by atoms with van der Waals surface area (Å²) in [6.45, 7) is 7.75. The van der Waals surface area contributed by atoms with E-state index in [1.165, 1.54) is 25.7 Å². The second-order valence-corrected chi connectivity index (χ2v) is 12.8. The Labute approximate surface area is 205 Å². The first-order chi connectivity index (χ1) is 16.2. The number of nitrogens with zero attached hydrogens (tertiary/aromatic N) is 1. The number of nitrogens with one attached hydrogen (secondary N) is 1. The topological polar surface area (TPSA) is 82.5 Å². The van der Waals surface area contributed by atoms with Crippen molar-refractivity contribution in [3.63, 3.8) is 0 Å². The zero-order chi connectivity index (χ0) is 24.1. The molecule has 0 bridgehead atoms. The quantitative estimate of drug-likeness (QED) is 0.584. The van der Waals surface area contributed by atoms with Crippen LogP contribution in [0.5, 0.6) is 0 Å². The number of aromatic nitrogens is 1. The van der Waals surface area contributed by atoms with Gasteiger partial charge in [0, 0.05) is 25.4 Å². The molecule has 4 saturated carbocycles. The van der Waals surface area contributed by atoms with Crippen molar-refractivity contribution in [1.29, 1.82) is 0 Å². The lowest BCUT2D eigenvalue weighted by Gasteiger charge is -2.62. The highest BCUT2D eigenvalue weighted by atomic mass is 16.3. The number of rotatable bonds is 5. The largest absolute Gasteiger partial charge is 0.393 e. The number of fused-ring (bicyclic) bond motifs is 5. The van der Waals surface area contributed by atoms with Crippen LogP contribution in [0.2, 0.25) is 0 Å². The maximum atomic E-state index is 12.8. The maximum Gasteiger partial charge on any atom is 0.220 e. The van der Waals surface area contributed by atoms with Gasteiger partial charge in [-0.15, -0.1) is 0 Å². The molecule has 188 valence electrons. The van der Waals surface area contributed by atoms with Crippen molar-refractivity contribution in [3.05, 3.63) is 30.1 Å². The van der Waals surface area contributed by atoms with Crippen LogP contribution >= 0.6 is 0 Å². The molecule has 1 heterocycles. The van der Waals surface area contributed by atoms with Gasteiger partial charge in [-0.3, -0.25) is 9.78 Å². The number of aliphatic hydroxyl groups is 2. The average molecular weight is 469 g/mol. The second-order valence-electron chi connectivity index (χ2n) is 12.8. The van der Waals surface area contributed by atoms with E-state index in [-0.39, 0.29) is 28.9 Å². The first kappa shape index (κ1) is 24.2. The molecular weight excluding hydrogens is 424 g/mol. The van der Waals surface area contributed by atoms with Crippen molar-refractivity contribution in [3.8, 4) is 0 Å². The normalized spacial score (nSPS) is 44.4. The molecule has 0 aromatic carbocycles. The van der Waals surface area contributed by atoms with Gasteiger partial charge in [0.25, 0.3) is 0 Å². The van der Waals surface area contributed by atoms with Crippen LogP contribution in [0.3, 0.4) is 0 Å². The Morgan fingerprint density at radius 2 is 1.88 bits per heavy atom. The number of amides is 1. The van der Waals surface area contributed by atoms with Gasteiger partial charge in [0.2, 0.25) is 5.91 Å². The van der Waals surface area contributed by atoms with Gasteiger partial charge >= 0.3 is 0 Å². The molecule has 4 aliphatic rings. The summed E-state index contributed by atoms with van der Waals surface area (Å²) in [4.78, 5) is 16.9. The average Bonchev–Trinajstić information content (AvgIpc) is 3.17. The Balaban J connectivity index is 1.26. The standard InChI is InChI=1S/C29H44N2O3/c1-18(13-26(34)31-17-19-5-4-12-30-16-19)22-6-7-23-27-24(9-11-29(22,23)3)28(2)10-8-21(32)14-20(28)15-25(27)33/h4-5,12,16,18,20-25,27,32-33H,6-11,13-15,17H2,1-3H3,(H,31,34)/t18-,20?,21-,22?,23+,24+,25-,27?,28?,29?/m1/s1. The molecule has 0 aliphatic heterocycles. The first-order valence-electron chi connectivity index (χ1n) is 13.7. The van der Waals surface area contributed by atoms with Crippen LogP contribution in [0.1, 0.15) is 84.1 Å². The highest BCUT2D eigenvalue weighted by molar-refractivity contribution is 5.76.